The van der Waals surface area contributed by atoms with Gasteiger partial charge in [0.05, 0.1) is 6.61 Å². The molecule has 0 unspecified atom stereocenters. The van der Waals surface area contributed by atoms with Crippen LogP contribution >= 0.6 is 0 Å². The van der Waals surface area contributed by atoms with Crippen LogP contribution in [0.2, 0.25) is 0 Å². The Kier molecular flexibility index (Phi) is 2.72. The Hall–Kier alpha value is -2.44. The maximum atomic E-state index is 10.5. The molecule has 0 aliphatic carbocycles. The van der Waals surface area contributed by atoms with Crippen LogP contribution < -0.4 is 4.74 Å². The summed E-state index contributed by atoms with van der Waals surface area (Å²) in [4.78, 5) is 0. The zero-order chi connectivity index (χ0) is 15.4. The second-order valence-electron chi connectivity index (χ2n) is 5.52. The number of hydrogen-bond donors (Lipinski definition) is 4. The van der Waals surface area contributed by atoms with Gasteiger partial charge in [0.15, 0.2) is 17.6 Å². The zero-order valence-corrected chi connectivity index (χ0v) is 11.4. The molecule has 22 heavy (non-hydrogen) atoms. The van der Waals surface area contributed by atoms with Crippen molar-refractivity contribution in [2.45, 2.75) is 24.9 Å². The summed E-state index contributed by atoms with van der Waals surface area (Å²) < 4.78 is 11.5. The quantitative estimate of drug-likeness (QED) is 0.554. The molecule has 0 bridgehead atoms. The minimum Gasteiger partial charge on any atom is -0.508 e. The highest BCUT2D eigenvalue weighted by molar-refractivity contribution is 5.50. The van der Waals surface area contributed by atoms with E-state index in [1.54, 1.807) is 6.07 Å². The van der Waals surface area contributed by atoms with E-state index in [9.17, 15) is 20.4 Å². The fourth-order valence-corrected chi connectivity index (χ4v) is 3.05. The number of benzene rings is 2. The van der Waals surface area contributed by atoms with Gasteiger partial charge in [-0.25, -0.2) is 0 Å². The van der Waals surface area contributed by atoms with Crippen LogP contribution in [-0.2, 0) is 11.3 Å². The molecule has 0 spiro atoms. The van der Waals surface area contributed by atoms with Gasteiger partial charge in [-0.1, -0.05) is 0 Å². The molecule has 0 saturated heterocycles. The highest BCUT2D eigenvalue weighted by Crippen LogP contribution is 2.48. The summed E-state index contributed by atoms with van der Waals surface area (Å²) in [5, 5.41) is 39.4. The largest absolute Gasteiger partial charge is 0.508 e. The second-order valence-corrected chi connectivity index (χ2v) is 5.52. The molecule has 2 aliphatic heterocycles. The van der Waals surface area contributed by atoms with Gasteiger partial charge in [0, 0.05) is 17.2 Å². The Morgan fingerprint density at radius 1 is 0.955 bits per heavy atom. The van der Waals surface area contributed by atoms with Gasteiger partial charge in [-0.2, -0.15) is 0 Å². The zero-order valence-electron chi connectivity index (χ0n) is 11.4. The summed E-state index contributed by atoms with van der Waals surface area (Å²) in [6, 6.07) is 7.36. The number of fused-ring (bicyclic) bond motifs is 4. The summed E-state index contributed by atoms with van der Waals surface area (Å²) >= 11 is 0. The van der Waals surface area contributed by atoms with E-state index in [1.165, 1.54) is 24.3 Å². The van der Waals surface area contributed by atoms with Crippen molar-refractivity contribution in [3.8, 4) is 23.0 Å². The van der Waals surface area contributed by atoms with Gasteiger partial charge in [-0.05, 0) is 29.8 Å². The summed E-state index contributed by atoms with van der Waals surface area (Å²) in [5.74, 6) is -0.0675. The van der Waals surface area contributed by atoms with Crippen molar-refractivity contribution in [2.24, 2.45) is 0 Å². The summed E-state index contributed by atoms with van der Waals surface area (Å²) in [6.07, 6.45) is -2.15. The molecule has 4 N–H and O–H groups in total. The smallest absolute Gasteiger partial charge is 0.157 e. The number of ether oxygens (including phenoxy) is 2. The van der Waals surface area contributed by atoms with Crippen LogP contribution in [0.15, 0.2) is 30.3 Å². The molecule has 2 aromatic carbocycles. The topological polar surface area (TPSA) is 99.4 Å². The summed E-state index contributed by atoms with van der Waals surface area (Å²) in [6.45, 7) is 0.207. The normalized spacial score (nSPS) is 25.6. The molecule has 2 aliphatic rings. The lowest BCUT2D eigenvalue weighted by Crippen LogP contribution is -2.39. The second kappa shape index (κ2) is 4.53. The lowest BCUT2D eigenvalue weighted by molar-refractivity contribution is -0.127. The van der Waals surface area contributed by atoms with Crippen LogP contribution in [0.1, 0.15) is 28.9 Å². The number of aromatic hydroxyl groups is 3. The first kappa shape index (κ1) is 13.2. The van der Waals surface area contributed by atoms with E-state index in [-0.39, 0.29) is 23.9 Å². The predicted octanol–water partition coefficient (Wildman–Crippen LogP) is 1.87. The Balaban J connectivity index is 1.83. The van der Waals surface area contributed by atoms with E-state index in [4.69, 9.17) is 9.47 Å². The van der Waals surface area contributed by atoms with Crippen LogP contribution in [0.4, 0.5) is 0 Å². The molecule has 2 heterocycles. The van der Waals surface area contributed by atoms with Crippen LogP contribution in [-0.4, -0.2) is 26.5 Å². The van der Waals surface area contributed by atoms with Crippen molar-refractivity contribution in [3.05, 3.63) is 47.0 Å². The number of aliphatic hydroxyl groups excluding tert-OH is 1. The van der Waals surface area contributed by atoms with Crippen molar-refractivity contribution in [1.29, 1.82) is 0 Å². The first-order chi connectivity index (χ1) is 10.5. The van der Waals surface area contributed by atoms with Gasteiger partial charge in [-0.15, -0.1) is 0 Å². The highest BCUT2D eigenvalue weighted by Gasteiger charge is 2.43. The Bertz CT molecular complexity index is 757. The number of aliphatic hydroxyl groups is 1. The molecule has 2 aromatic rings. The lowest BCUT2D eigenvalue weighted by atomic mass is 9.87. The number of phenols is 3. The molecule has 0 aromatic heterocycles. The first-order valence-electron chi connectivity index (χ1n) is 6.88. The van der Waals surface area contributed by atoms with E-state index in [2.05, 4.69) is 0 Å². The molecule has 6 nitrogen and oxygen atoms in total. The van der Waals surface area contributed by atoms with Gasteiger partial charge in [0.25, 0.3) is 0 Å². The van der Waals surface area contributed by atoms with Crippen molar-refractivity contribution in [1.82, 2.24) is 0 Å². The fourth-order valence-electron chi connectivity index (χ4n) is 3.05. The third-order valence-electron chi connectivity index (χ3n) is 4.15. The molecular weight excluding hydrogens is 288 g/mol. The van der Waals surface area contributed by atoms with E-state index < -0.39 is 18.3 Å². The summed E-state index contributed by atoms with van der Waals surface area (Å²) in [5.41, 5.74) is 1.89. The SMILES string of the molecule is Oc1ccc2c(c1)O[C@H]1c3cc(O)c(O)cc3CO[C@@H]1[C@@H]2O. The van der Waals surface area contributed by atoms with Gasteiger partial charge in [0.1, 0.15) is 23.7 Å². The standard InChI is InChI=1S/C16H14O6/c17-8-1-2-9-13(4-8)22-15-10-5-12(19)11(18)3-7(10)6-21-16(15)14(9)20/h1-5,14-20H,6H2/t14-,15+,16-/m1/s1. The molecule has 3 atom stereocenters. The Morgan fingerprint density at radius 3 is 2.55 bits per heavy atom. The van der Waals surface area contributed by atoms with Crippen LogP contribution in [0.3, 0.4) is 0 Å². The molecule has 0 fully saturated rings. The van der Waals surface area contributed by atoms with Gasteiger partial charge in [0.2, 0.25) is 0 Å². The van der Waals surface area contributed by atoms with Gasteiger partial charge >= 0.3 is 0 Å². The maximum absolute atomic E-state index is 10.5. The lowest BCUT2D eigenvalue weighted by Gasteiger charge is -2.40. The average molecular weight is 302 g/mol. The van der Waals surface area contributed by atoms with Crippen LogP contribution in [0.5, 0.6) is 23.0 Å². The van der Waals surface area contributed by atoms with Crippen LogP contribution in [0.25, 0.3) is 0 Å². The van der Waals surface area contributed by atoms with Crippen molar-refractivity contribution in [3.63, 3.8) is 0 Å². The molecule has 0 saturated carbocycles. The van der Waals surface area contributed by atoms with Crippen molar-refractivity contribution < 1.29 is 29.9 Å². The monoisotopic (exact) mass is 302 g/mol. The van der Waals surface area contributed by atoms with Crippen molar-refractivity contribution >= 4 is 0 Å². The number of hydrogen-bond acceptors (Lipinski definition) is 6. The fraction of sp³-hybridized carbons (Fsp3) is 0.250. The third-order valence-corrected chi connectivity index (χ3v) is 4.15. The molecular formula is C16H14O6. The molecule has 6 heteroatoms. The molecule has 0 amide bonds. The highest BCUT2D eigenvalue weighted by atomic mass is 16.6. The Morgan fingerprint density at radius 2 is 1.73 bits per heavy atom. The van der Waals surface area contributed by atoms with Crippen LogP contribution in [0, 0.1) is 0 Å². The molecule has 4 rings (SSSR count). The number of phenolic OH excluding ortho intramolecular Hbond substituents is 3. The average Bonchev–Trinajstić information content (AvgIpc) is 2.48. The third kappa shape index (κ3) is 1.81. The van der Waals surface area contributed by atoms with E-state index >= 15 is 0 Å². The minimum atomic E-state index is -0.904. The van der Waals surface area contributed by atoms with Crippen molar-refractivity contribution in [2.75, 3.05) is 0 Å². The van der Waals surface area contributed by atoms with Gasteiger partial charge in [-0.3, -0.25) is 0 Å². The first-order valence-corrected chi connectivity index (χ1v) is 6.88. The van der Waals surface area contributed by atoms with E-state index in [0.29, 0.717) is 22.4 Å². The Labute approximate surface area is 125 Å². The number of rotatable bonds is 0. The predicted molar refractivity (Wildman–Crippen MR) is 74.8 cm³/mol. The molecule has 114 valence electrons. The van der Waals surface area contributed by atoms with E-state index in [1.807, 2.05) is 0 Å². The minimum absolute atomic E-state index is 0.0369. The maximum Gasteiger partial charge on any atom is 0.157 e. The van der Waals surface area contributed by atoms with Gasteiger partial charge < -0.3 is 29.9 Å². The summed E-state index contributed by atoms with van der Waals surface area (Å²) in [7, 11) is 0. The van der Waals surface area contributed by atoms with E-state index in [0.717, 1.165) is 0 Å². The molecule has 0 radical (unpaired) electrons.